The van der Waals surface area contributed by atoms with E-state index in [0.29, 0.717) is 0 Å². The van der Waals surface area contributed by atoms with Crippen molar-refractivity contribution in [3.63, 3.8) is 0 Å². The molecule has 20 heavy (non-hydrogen) atoms. The van der Waals surface area contributed by atoms with Crippen LogP contribution in [-0.4, -0.2) is 24.1 Å². The van der Waals surface area contributed by atoms with Gasteiger partial charge in [0.2, 0.25) is 0 Å². The summed E-state index contributed by atoms with van der Waals surface area (Å²) in [5.41, 5.74) is -0.361. The average molecular weight is 302 g/mol. The van der Waals surface area contributed by atoms with Crippen molar-refractivity contribution in [2.45, 2.75) is 31.3 Å². The fourth-order valence-corrected chi connectivity index (χ4v) is 1.40. The number of benzene rings is 1. The van der Waals surface area contributed by atoms with Gasteiger partial charge >= 0.3 is 12.4 Å². The molecule has 0 amide bonds. The number of ether oxygens (including phenoxy) is 1. The smallest absolute Gasteiger partial charge is 0.418 e. The molecule has 0 aliphatic carbocycles. The second-order valence-electron chi connectivity index (χ2n) is 4.08. The third kappa shape index (κ3) is 5.68. The van der Waals surface area contributed by atoms with Crippen LogP contribution in [0, 0.1) is 0 Å². The van der Waals surface area contributed by atoms with Gasteiger partial charge in [0.25, 0.3) is 0 Å². The minimum Gasteiger partial charge on any atom is -0.494 e. The summed E-state index contributed by atoms with van der Waals surface area (Å²) >= 11 is 0. The molecule has 1 N–H and O–H groups in total. The normalized spacial score (nSPS) is 14.2. The Balaban J connectivity index is 2.47. The van der Waals surface area contributed by atoms with Gasteiger partial charge in [-0.25, -0.2) is 0 Å². The lowest BCUT2D eigenvalue weighted by molar-refractivity contribution is -0.206. The summed E-state index contributed by atoms with van der Waals surface area (Å²) < 4.78 is 77.1. The highest BCUT2D eigenvalue weighted by atomic mass is 19.4. The molecule has 2 nitrogen and oxygen atoms in total. The maximum Gasteiger partial charge on any atom is 0.418 e. The van der Waals surface area contributed by atoms with Crippen molar-refractivity contribution in [2.24, 2.45) is 0 Å². The molecule has 1 atom stereocenters. The number of alkyl halides is 6. The Kier molecular flexibility index (Phi) is 5.27. The second-order valence-corrected chi connectivity index (χ2v) is 4.08. The highest BCUT2D eigenvalue weighted by Crippen LogP contribution is 2.33. The van der Waals surface area contributed by atoms with Gasteiger partial charge in [-0.2, -0.15) is 26.3 Å². The van der Waals surface area contributed by atoms with Gasteiger partial charge in [0.15, 0.2) is 6.10 Å². The van der Waals surface area contributed by atoms with Crippen LogP contribution >= 0.6 is 0 Å². The van der Waals surface area contributed by atoms with E-state index in [1.54, 1.807) is 0 Å². The Morgan fingerprint density at radius 1 is 1.00 bits per heavy atom. The van der Waals surface area contributed by atoms with E-state index in [-0.39, 0.29) is 24.3 Å². The molecule has 1 aromatic rings. The molecule has 114 valence electrons. The van der Waals surface area contributed by atoms with Crippen LogP contribution in [0.1, 0.15) is 24.5 Å². The first-order valence-corrected chi connectivity index (χ1v) is 5.64. The first kappa shape index (κ1) is 16.6. The highest BCUT2D eigenvalue weighted by Gasteiger charge is 2.39. The molecular weight excluding hydrogens is 290 g/mol. The van der Waals surface area contributed by atoms with Crippen molar-refractivity contribution >= 4 is 0 Å². The van der Waals surface area contributed by atoms with Crippen molar-refractivity contribution < 1.29 is 36.2 Å². The topological polar surface area (TPSA) is 29.5 Å². The molecule has 0 aliphatic heterocycles. The first-order chi connectivity index (χ1) is 9.09. The van der Waals surface area contributed by atoms with Crippen molar-refractivity contribution in [1.82, 2.24) is 0 Å². The van der Waals surface area contributed by atoms with Crippen molar-refractivity contribution in [3.05, 3.63) is 29.8 Å². The lowest BCUT2D eigenvalue weighted by atomic mass is 10.1. The fourth-order valence-electron chi connectivity index (χ4n) is 1.40. The van der Waals surface area contributed by atoms with E-state index in [1.165, 1.54) is 0 Å². The molecule has 0 radical (unpaired) electrons. The monoisotopic (exact) mass is 302 g/mol. The zero-order valence-corrected chi connectivity index (χ0v) is 10.1. The molecule has 1 rings (SSSR count). The third-order valence-corrected chi connectivity index (χ3v) is 2.38. The van der Waals surface area contributed by atoms with Gasteiger partial charge in [-0.1, -0.05) is 12.1 Å². The zero-order valence-electron chi connectivity index (χ0n) is 10.1. The third-order valence-electron chi connectivity index (χ3n) is 2.38. The summed E-state index contributed by atoms with van der Waals surface area (Å²) in [7, 11) is 0. The van der Waals surface area contributed by atoms with Gasteiger partial charge in [-0.3, -0.25) is 0 Å². The molecule has 0 bridgehead atoms. The van der Waals surface area contributed by atoms with E-state index in [2.05, 4.69) is 0 Å². The van der Waals surface area contributed by atoms with Gasteiger partial charge in [0.1, 0.15) is 5.75 Å². The van der Waals surface area contributed by atoms with E-state index in [9.17, 15) is 26.3 Å². The molecular formula is C12H12F6O2. The lowest BCUT2D eigenvalue weighted by Gasteiger charge is -2.15. The summed E-state index contributed by atoms with van der Waals surface area (Å²) in [5.74, 6) is 0.144. The minimum absolute atomic E-state index is 0.144. The van der Waals surface area contributed by atoms with Crippen LogP contribution in [0.25, 0.3) is 0 Å². The number of rotatable bonds is 5. The maximum absolute atomic E-state index is 12.2. The van der Waals surface area contributed by atoms with Crippen LogP contribution in [0.15, 0.2) is 24.3 Å². The van der Waals surface area contributed by atoms with Crippen LogP contribution < -0.4 is 4.74 Å². The number of halogens is 6. The van der Waals surface area contributed by atoms with Gasteiger partial charge in [0, 0.05) is 6.42 Å². The predicted octanol–water partition coefficient (Wildman–Crippen LogP) is 4.00. The maximum atomic E-state index is 12.2. The quantitative estimate of drug-likeness (QED) is 0.658. The Morgan fingerprint density at radius 3 is 2.00 bits per heavy atom. The van der Waals surface area contributed by atoms with Crippen molar-refractivity contribution in [3.8, 4) is 5.75 Å². The van der Waals surface area contributed by atoms with Gasteiger partial charge in [0.05, 0.1) is 6.61 Å². The number of aliphatic hydroxyl groups is 1. The van der Waals surface area contributed by atoms with E-state index >= 15 is 0 Å². The van der Waals surface area contributed by atoms with E-state index < -0.39 is 24.9 Å². The Bertz CT molecular complexity index is 409. The molecule has 0 saturated heterocycles. The summed E-state index contributed by atoms with van der Waals surface area (Å²) in [6.07, 6.45) is -12.9. The Morgan fingerprint density at radius 2 is 1.55 bits per heavy atom. The average Bonchev–Trinajstić information content (AvgIpc) is 2.32. The number of hydrogen-bond donors (Lipinski definition) is 1. The minimum atomic E-state index is -4.77. The van der Waals surface area contributed by atoms with Crippen LogP contribution in [0.2, 0.25) is 0 Å². The Hall–Kier alpha value is -1.44. The van der Waals surface area contributed by atoms with E-state index in [1.807, 2.05) is 0 Å². The lowest BCUT2D eigenvalue weighted by Crippen LogP contribution is -2.20. The van der Waals surface area contributed by atoms with E-state index in [4.69, 9.17) is 9.84 Å². The SMILES string of the molecule is O[C@@H](c1ccc(OCCCC(F)(F)F)cc1)C(F)(F)F. The van der Waals surface area contributed by atoms with Crippen LogP contribution in [0.4, 0.5) is 26.3 Å². The van der Waals surface area contributed by atoms with Gasteiger partial charge in [-0.05, 0) is 24.1 Å². The highest BCUT2D eigenvalue weighted by molar-refractivity contribution is 5.29. The number of aliphatic hydroxyl groups excluding tert-OH is 1. The molecule has 0 saturated carbocycles. The second kappa shape index (κ2) is 6.34. The molecule has 0 aromatic heterocycles. The summed E-state index contributed by atoms with van der Waals surface area (Å²) in [4.78, 5) is 0. The van der Waals surface area contributed by atoms with Gasteiger partial charge in [-0.15, -0.1) is 0 Å². The molecule has 0 aliphatic rings. The first-order valence-electron chi connectivity index (χ1n) is 5.64. The molecule has 8 heteroatoms. The standard InChI is InChI=1S/C12H12F6O2/c13-11(14,15)6-1-7-20-9-4-2-8(3-5-9)10(19)12(16,17)18/h2-5,10,19H,1,6-7H2/t10-/m0/s1. The van der Waals surface area contributed by atoms with Crippen LogP contribution in [0.3, 0.4) is 0 Å². The molecule has 0 fully saturated rings. The van der Waals surface area contributed by atoms with Gasteiger partial charge < -0.3 is 9.84 Å². The van der Waals surface area contributed by atoms with Crippen molar-refractivity contribution in [2.75, 3.05) is 6.61 Å². The predicted molar refractivity (Wildman–Crippen MR) is 58.2 cm³/mol. The summed E-state index contributed by atoms with van der Waals surface area (Å²) in [6, 6.07) is 4.35. The van der Waals surface area contributed by atoms with Crippen LogP contribution in [-0.2, 0) is 0 Å². The molecule has 0 heterocycles. The fraction of sp³-hybridized carbons (Fsp3) is 0.500. The molecule has 0 unspecified atom stereocenters. The Labute approximate surface area is 111 Å². The van der Waals surface area contributed by atoms with Crippen LogP contribution in [0.5, 0.6) is 5.75 Å². The zero-order chi connectivity index (χ0) is 15.4. The molecule has 0 spiro atoms. The van der Waals surface area contributed by atoms with E-state index in [0.717, 1.165) is 24.3 Å². The number of hydrogen-bond acceptors (Lipinski definition) is 2. The summed E-state index contributed by atoms with van der Waals surface area (Å²) in [5, 5.41) is 8.96. The largest absolute Gasteiger partial charge is 0.494 e. The summed E-state index contributed by atoms with van der Waals surface area (Å²) in [6.45, 7) is -0.194. The van der Waals surface area contributed by atoms with Crippen molar-refractivity contribution in [1.29, 1.82) is 0 Å². The molecule has 1 aromatic carbocycles.